The number of anilines is 2. The van der Waals surface area contributed by atoms with Crippen LogP contribution in [-0.2, 0) is 4.74 Å². The van der Waals surface area contributed by atoms with Crippen molar-refractivity contribution in [1.82, 2.24) is 24.8 Å². The van der Waals surface area contributed by atoms with Crippen molar-refractivity contribution in [2.45, 2.75) is 32.3 Å². The molecule has 2 aliphatic heterocycles. The molecule has 6 heterocycles. The number of hydrogen-bond acceptors (Lipinski definition) is 10. The second kappa shape index (κ2) is 10.3. The Hall–Kier alpha value is -4.51. The predicted octanol–water partition coefficient (Wildman–Crippen LogP) is 4.40. The highest BCUT2D eigenvalue weighted by Crippen LogP contribution is 2.42. The van der Waals surface area contributed by atoms with Gasteiger partial charge in [-0.1, -0.05) is 13.8 Å². The SMILES string of the molecule is Cc1ccnc(C(C)C)c1-n1c(=O)nc(N2CCOC3(CNC3)C2)c2cc(F)c(-c3ccc(F)c4sc(N)c(C#N)c34)nc21. The van der Waals surface area contributed by atoms with E-state index in [9.17, 15) is 14.4 Å². The Morgan fingerprint density at radius 3 is 2.70 bits per heavy atom. The molecule has 0 saturated carbocycles. The molecule has 1 aromatic carbocycles. The Morgan fingerprint density at radius 1 is 1.20 bits per heavy atom. The van der Waals surface area contributed by atoms with Gasteiger partial charge in [0.25, 0.3) is 0 Å². The van der Waals surface area contributed by atoms with E-state index < -0.39 is 22.9 Å². The summed E-state index contributed by atoms with van der Waals surface area (Å²) in [6.07, 6.45) is 1.68. The van der Waals surface area contributed by atoms with E-state index in [1.807, 2.05) is 31.7 Å². The lowest BCUT2D eigenvalue weighted by atomic mass is 9.94. The van der Waals surface area contributed by atoms with E-state index in [0.717, 1.165) is 16.9 Å². The first-order valence-electron chi connectivity index (χ1n) is 14.2. The van der Waals surface area contributed by atoms with Gasteiger partial charge in [0.1, 0.15) is 39.8 Å². The number of benzene rings is 1. The van der Waals surface area contributed by atoms with Gasteiger partial charge in [-0.05, 0) is 42.7 Å². The molecular weight excluding hydrogens is 586 g/mol. The zero-order chi connectivity index (χ0) is 30.9. The number of thiophene rings is 1. The number of halogens is 2. The maximum Gasteiger partial charge on any atom is 0.355 e. The number of hydrogen-bond donors (Lipinski definition) is 2. The van der Waals surface area contributed by atoms with Gasteiger partial charge in [0.15, 0.2) is 5.65 Å². The van der Waals surface area contributed by atoms with Crippen LogP contribution in [0.15, 0.2) is 35.3 Å². The third-order valence-corrected chi connectivity index (χ3v) is 9.38. The van der Waals surface area contributed by atoms with Crippen molar-refractivity contribution >= 4 is 43.3 Å². The summed E-state index contributed by atoms with van der Waals surface area (Å²) in [5.74, 6) is -1.04. The molecule has 0 aliphatic carbocycles. The van der Waals surface area contributed by atoms with Crippen LogP contribution in [0.25, 0.3) is 38.1 Å². The van der Waals surface area contributed by atoms with Crippen LogP contribution in [0, 0.1) is 29.9 Å². The minimum atomic E-state index is -0.715. The van der Waals surface area contributed by atoms with Crippen molar-refractivity contribution in [3.8, 4) is 23.0 Å². The smallest absolute Gasteiger partial charge is 0.355 e. The average molecular weight is 615 g/mol. The van der Waals surface area contributed by atoms with Gasteiger partial charge in [0.05, 0.1) is 40.2 Å². The van der Waals surface area contributed by atoms with Gasteiger partial charge in [-0.25, -0.2) is 23.1 Å². The molecule has 0 bridgehead atoms. The van der Waals surface area contributed by atoms with Gasteiger partial charge in [-0.3, -0.25) is 4.98 Å². The van der Waals surface area contributed by atoms with Crippen molar-refractivity contribution in [1.29, 1.82) is 5.26 Å². The largest absolute Gasteiger partial charge is 0.389 e. The number of nitriles is 1. The lowest BCUT2D eigenvalue weighted by molar-refractivity contribution is -0.0882. The van der Waals surface area contributed by atoms with E-state index in [1.54, 1.807) is 12.3 Å². The molecule has 0 amide bonds. The topological polar surface area (TPSA) is 135 Å². The highest BCUT2D eigenvalue weighted by molar-refractivity contribution is 7.23. The maximum atomic E-state index is 16.3. The van der Waals surface area contributed by atoms with Crippen molar-refractivity contribution < 1.29 is 13.5 Å². The Kier molecular flexibility index (Phi) is 6.61. The first-order chi connectivity index (χ1) is 21.1. The summed E-state index contributed by atoms with van der Waals surface area (Å²) >= 11 is 0.919. The number of nitrogens with two attached hydrogens (primary N) is 1. The van der Waals surface area contributed by atoms with Crippen molar-refractivity contribution in [3.05, 3.63) is 69.4 Å². The number of morpholine rings is 1. The molecule has 44 heavy (non-hydrogen) atoms. The molecule has 3 N–H and O–H groups in total. The average Bonchev–Trinajstić information content (AvgIpc) is 3.33. The van der Waals surface area contributed by atoms with E-state index in [1.165, 1.54) is 22.8 Å². The van der Waals surface area contributed by atoms with E-state index in [4.69, 9.17) is 15.5 Å². The van der Waals surface area contributed by atoms with Gasteiger partial charge in [0, 0.05) is 36.8 Å². The van der Waals surface area contributed by atoms with Crippen LogP contribution >= 0.6 is 11.3 Å². The number of fused-ring (bicyclic) bond motifs is 2. The molecule has 0 radical (unpaired) electrons. The van der Waals surface area contributed by atoms with Gasteiger partial charge >= 0.3 is 5.69 Å². The molecule has 0 unspecified atom stereocenters. The van der Waals surface area contributed by atoms with Crippen LogP contribution in [-0.4, -0.2) is 57.9 Å². The number of aromatic nitrogens is 4. The molecule has 4 aromatic heterocycles. The number of aryl methyl sites for hydroxylation is 1. The lowest BCUT2D eigenvalue weighted by Gasteiger charge is -2.49. The fourth-order valence-electron chi connectivity index (χ4n) is 6.16. The summed E-state index contributed by atoms with van der Waals surface area (Å²) in [5.41, 5.74) is 7.27. The Labute approximate surface area is 254 Å². The summed E-state index contributed by atoms with van der Waals surface area (Å²) < 4.78 is 38.8. The van der Waals surface area contributed by atoms with Crippen LogP contribution < -0.4 is 21.6 Å². The monoisotopic (exact) mass is 614 g/mol. The summed E-state index contributed by atoms with van der Waals surface area (Å²) in [6.45, 7) is 8.48. The third-order valence-electron chi connectivity index (χ3n) is 8.35. The Bertz CT molecular complexity index is 2100. The zero-order valence-electron chi connectivity index (χ0n) is 24.2. The second-order valence-corrected chi connectivity index (χ2v) is 12.6. The highest BCUT2D eigenvalue weighted by atomic mass is 32.1. The zero-order valence-corrected chi connectivity index (χ0v) is 25.1. The Morgan fingerprint density at radius 2 is 2.00 bits per heavy atom. The molecule has 13 heteroatoms. The number of rotatable bonds is 4. The molecule has 2 fully saturated rings. The number of nitrogens with one attached hydrogen (secondary N) is 1. The minimum Gasteiger partial charge on any atom is -0.389 e. The van der Waals surface area contributed by atoms with Gasteiger partial charge in [-0.15, -0.1) is 11.3 Å². The predicted molar refractivity (Wildman–Crippen MR) is 165 cm³/mol. The number of nitrogen functional groups attached to an aromatic ring is 1. The van der Waals surface area contributed by atoms with Gasteiger partial charge in [-0.2, -0.15) is 10.2 Å². The molecule has 5 aromatic rings. The second-order valence-electron chi connectivity index (χ2n) is 11.6. The fourth-order valence-corrected chi connectivity index (χ4v) is 7.11. The van der Waals surface area contributed by atoms with Crippen molar-refractivity contribution in [2.75, 3.05) is 43.4 Å². The van der Waals surface area contributed by atoms with E-state index >= 15 is 4.39 Å². The minimum absolute atomic E-state index is 0.0477. The third kappa shape index (κ3) is 4.24. The van der Waals surface area contributed by atoms with Crippen LogP contribution in [0.5, 0.6) is 0 Å². The summed E-state index contributed by atoms with van der Waals surface area (Å²) in [5, 5.41) is 13.7. The van der Waals surface area contributed by atoms with E-state index in [-0.39, 0.29) is 43.5 Å². The van der Waals surface area contributed by atoms with Crippen molar-refractivity contribution in [2.24, 2.45) is 0 Å². The summed E-state index contributed by atoms with van der Waals surface area (Å²) in [6, 6.07) is 7.73. The molecule has 2 aliphatic rings. The maximum absolute atomic E-state index is 16.3. The quantitative estimate of drug-likeness (QED) is 0.302. The molecular formula is C31H28F2N8O2S. The standard InChI is InChI=1S/C31H28F2N8O2S/c1-15(2)23-25(16(3)6-7-37-23)41-29-18(28(39-30(41)42)40-8-9-43-31(14-40)12-36-13-31)10-21(33)24(38-29)17-4-5-20(32)26-22(17)19(11-34)27(35)44-26/h4-7,10,15,36H,8-9,12-14,35H2,1-3H3. The summed E-state index contributed by atoms with van der Waals surface area (Å²) in [4.78, 5) is 29.9. The normalized spacial score (nSPS) is 16.2. The van der Waals surface area contributed by atoms with E-state index in [0.29, 0.717) is 55.4 Å². The molecule has 1 spiro atoms. The number of pyridine rings is 2. The molecule has 0 atom stereocenters. The molecule has 2 saturated heterocycles. The summed E-state index contributed by atoms with van der Waals surface area (Å²) in [7, 11) is 0. The molecule has 10 nitrogen and oxygen atoms in total. The number of ether oxygens (including phenoxy) is 1. The molecule has 224 valence electrons. The Balaban J connectivity index is 1.57. The van der Waals surface area contributed by atoms with Crippen LogP contribution in [0.4, 0.5) is 19.6 Å². The first-order valence-corrected chi connectivity index (χ1v) is 15.0. The van der Waals surface area contributed by atoms with Crippen LogP contribution in [0.1, 0.15) is 36.6 Å². The highest BCUT2D eigenvalue weighted by Gasteiger charge is 2.43. The lowest BCUT2D eigenvalue weighted by Crippen LogP contribution is -2.69. The fraction of sp³-hybridized carbons (Fsp3) is 0.323. The van der Waals surface area contributed by atoms with Gasteiger partial charge < -0.3 is 20.7 Å². The van der Waals surface area contributed by atoms with Crippen LogP contribution in [0.3, 0.4) is 0 Å². The van der Waals surface area contributed by atoms with Gasteiger partial charge in [0.2, 0.25) is 0 Å². The number of nitrogens with zero attached hydrogens (tertiary/aromatic N) is 6. The van der Waals surface area contributed by atoms with E-state index in [2.05, 4.69) is 15.3 Å². The van der Waals surface area contributed by atoms with Crippen LogP contribution in [0.2, 0.25) is 0 Å². The first kappa shape index (κ1) is 28.3. The van der Waals surface area contributed by atoms with Crippen molar-refractivity contribution in [3.63, 3.8) is 0 Å². The molecule has 7 rings (SSSR count).